The van der Waals surface area contributed by atoms with E-state index in [0.717, 1.165) is 18.9 Å². The molecular formula is C12H24N2O. The quantitative estimate of drug-likeness (QED) is 0.752. The Morgan fingerprint density at radius 3 is 2.53 bits per heavy atom. The van der Waals surface area contributed by atoms with Gasteiger partial charge in [-0.05, 0) is 24.7 Å². The van der Waals surface area contributed by atoms with Gasteiger partial charge in [-0.3, -0.25) is 4.79 Å². The molecule has 88 valence electrons. The molecule has 0 heterocycles. The molecule has 0 saturated heterocycles. The molecule has 1 saturated carbocycles. The topological polar surface area (TPSA) is 46.3 Å². The summed E-state index contributed by atoms with van der Waals surface area (Å²) < 4.78 is 0. The maximum Gasteiger partial charge on any atom is 0.239 e. The Kier molecular flexibility index (Phi) is 4.58. The van der Waals surface area contributed by atoms with Crippen molar-refractivity contribution in [1.82, 2.24) is 4.90 Å². The molecule has 2 N–H and O–H groups in total. The number of hydrogen-bond acceptors (Lipinski definition) is 2. The van der Waals surface area contributed by atoms with Crippen molar-refractivity contribution in [3.8, 4) is 0 Å². The van der Waals surface area contributed by atoms with Gasteiger partial charge in [0.1, 0.15) is 0 Å². The molecule has 3 nitrogen and oxygen atoms in total. The van der Waals surface area contributed by atoms with Gasteiger partial charge < -0.3 is 10.6 Å². The van der Waals surface area contributed by atoms with Crippen LogP contribution < -0.4 is 5.73 Å². The molecule has 2 unspecified atom stereocenters. The van der Waals surface area contributed by atoms with Gasteiger partial charge in [-0.1, -0.05) is 26.7 Å². The van der Waals surface area contributed by atoms with E-state index in [-0.39, 0.29) is 17.9 Å². The first kappa shape index (κ1) is 12.5. The van der Waals surface area contributed by atoms with Crippen LogP contribution in [0.4, 0.5) is 0 Å². The van der Waals surface area contributed by atoms with E-state index in [9.17, 15) is 4.79 Å². The van der Waals surface area contributed by atoms with Gasteiger partial charge in [-0.15, -0.1) is 0 Å². The highest BCUT2D eigenvalue weighted by atomic mass is 16.2. The van der Waals surface area contributed by atoms with Crippen LogP contribution in [0.3, 0.4) is 0 Å². The Bertz CT molecular complexity index is 214. The van der Waals surface area contributed by atoms with E-state index in [1.54, 1.807) is 0 Å². The van der Waals surface area contributed by atoms with Crippen molar-refractivity contribution in [3.63, 3.8) is 0 Å². The lowest BCUT2D eigenvalue weighted by Crippen LogP contribution is -2.47. The van der Waals surface area contributed by atoms with Crippen molar-refractivity contribution in [3.05, 3.63) is 0 Å². The van der Waals surface area contributed by atoms with Gasteiger partial charge in [0.2, 0.25) is 5.91 Å². The summed E-state index contributed by atoms with van der Waals surface area (Å²) in [5.41, 5.74) is 5.92. The number of amides is 1. The van der Waals surface area contributed by atoms with Crippen LogP contribution in [0, 0.1) is 11.8 Å². The van der Waals surface area contributed by atoms with Crippen LogP contribution in [-0.2, 0) is 4.79 Å². The van der Waals surface area contributed by atoms with Gasteiger partial charge in [-0.2, -0.15) is 0 Å². The fraction of sp³-hybridized carbons (Fsp3) is 0.917. The second kappa shape index (κ2) is 5.50. The molecule has 1 aliphatic rings. The highest BCUT2D eigenvalue weighted by Gasteiger charge is 2.26. The first-order valence-corrected chi connectivity index (χ1v) is 6.06. The SMILES string of the molecule is CCC(C)C(N)C(=O)N(C)CC1CCC1. The maximum absolute atomic E-state index is 11.9. The molecule has 0 bridgehead atoms. The highest BCUT2D eigenvalue weighted by molar-refractivity contribution is 5.81. The lowest BCUT2D eigenvalue weighted by atomic mass is 9.85. The monoisotopic (exact) mass is 212 g/mol. The summed E-state index contributed by atoms with van der Waals surface area (Å²) >= 11 is 0. The minimum Gasteiger partial charge on any atom is -0.344 e. The molecule has 1 rings (SSSR count). The van der Waals surface area contributed by atoms with E-state index in [4.69, 9.17) is 5.73 Å². The number of carbonyl (C=O) groups excluding carboxylic acids is 1. The minimum atomic E-state index is -0.319. The van der Waals surface area contributed by atoms with Crippen molar-refractivity contribution in [2.45, 2.75) is 45.6 Å². The van der Waals surface area contributed by atoms with Crippen LogP contribution in [0.5, 0.6) is 0 Å². The Labute approximate surface area is 93.0 Å². The van der Waals surface area contributed by atoms with Crippen molar-refractivity contribution >= 4 is 5.91 Å². The van der Waals surface area contributed by atoms with Crippen LogP contribution in [0.1, 0.15) is 39.5 Å². The number of hydrogen-bond donors (Lipinski definition) is 1. The molecule has 0 radical (unpaired) electrons. The van der Waals surface area contributed by atoms with E-state index in [0.29, 0.717) is 0 Å². The zero-order chi connectivity index (χ0) is 11.4. The summed E-state index contributed by atoms with van der Waals surface area (Å²) in [7, 11) is 1.88. The molecule has 0 aliphatic heterocycles. The summed E-state index contributed by atoms with van der Waals surface area (Å²) in [5.74, 6) is 1.11. The van der Waals surface area contributed by atoms with Gasteiger partial charge in [-0.25, -0.2) is 0 Å². The van der Waals surface area contributed by atoms with E-state index < -0.39 is 0 Å². The number of nitrogens with zero attached hydrogens (tertiary/aromatic N) is 1. The fourth-order valence-electron chi connectivity index (χ4n) is 1.90. The predicted molar refractivity (Wildman–Crippen MR) is 62.4 cm³/mol. The summed E-state index contributed by atoms with van der Waals surface area (Å²) in [6, 6.07) is -0.319. The average molecular weight is 212 g/mol. The van der Waals surface area contributed by atoms with Gasteiger partial charge in [0.05, 0.1) is 6.04 Å². The van der Waals surface area contributed by atoms with Gasteiger partial charge in [0.25, 0.3) is 0 Å². The summed E-state index contributed by atoms with van der Waals surface area (Å²) in [4.78, 5) is 13.7. The molecule has 1 amide bonds. The Morgan fingerprint density at radius 1 is 1.53 bits per heavy atom. The van der Waals surface area contributed by atoms with Crippen LogP contribution in [0.15, 0.2) is 0 Å². The van der Waals surface area contributed by atoms with Gasteiger partial charge >= 0.3 is 0 Å². The molecule has 0 aromatic heterocycles. The normalized spacial score (nSPS) is 20.5. The first-order valence-electron chi connectivity index (χ1n) is 6.06. The van der Waals surface area contributed by atoms with Crippen LogP contribution in [0.25, 0.3) is 0 Å². The smallest absolute Gasteiger partial charge is 0.239 e. The predicted octanol–water partition coefficient (Wildman–Crippen LogP) is 1.62. The molecule has 1 aliphatic carbocycles. The second-order valence-corrected chi connectivity index (χ2v) is 4.93. The molecule has 0 aromatic carbocycles. The average Bonchev–Trinajstić information content (AvgIpc) is 2.19. The largest absolute Gasteiger partial charge is 0.344 e. The summed E-state index contributed by atoms with van der Waals surface area (Å²) in [6.07, 6.45) is 4.83. The Balaban J connectivity index is 2.36. The van der Waals surface area contributed by atoms with Crippen molar-refractivity contribution < 1.29 is 4.79 Å². The third kappa shape index (κ3) is 3.20. The highest BCUT2D eigenvalue weighted by Crippen LogP contribution is 2.27. The van der Waals surface area contributed by atoms with Crippen molar-refractivity contribution in [2.24, 2.45) is 17.6 Å². The fourth-order valence-corrected chi connectivity index (χ4v) is 1.90. The molecule has 0 spiro atoms. The van der Waals surface area contributed by atoms with Crippen molar-refractivity contribution in [2.75, 3.05) is 13.6 Å². The zero-order valence-electron chi connectivity index (χ0n) is 10.2. The zero-order valence-corrected chi connectivity index (χ0v) is 10.2. The molecule has 3 heteroatoms. The summed E-state index contributed by atoms with van der Waals surface area (Å²) in [5, 5.41) is 0. The molecule has 15 heavy (non-hydrogen) atoms. The second-order valence-electron chi connectivity index (χ2n) is 4.93. The number of nitrogens with two attached hydrogens (primary N) is 1. The Morgan fingerprint density at radius 2 is 2.13 bits per heavy atom. The van der Waals surface area contributed by atoms with E-state index in [1.807, 2.05) is 18.9 Å². The van der Waals surface area contributed by atoms with Gasteiger partial charge in [0, 0.05) is 13.6 Å². The van der Waals surface area contributed by atoms with Crippen LogP contribution >= 0.6 is 0 Å². The minimum absolute atomic E-state index is 0.108. The molecule has 2 atom stereocenters. The molecular weight excluding hydrogens is 188 g/mol. The molecule has 1 fully saturated rings. The van der Waals surface area contributed by atoms with Crippen LogP contribution in [-0.4, -0.2) is 30.4 Å². The number of likely N-dealkylation sites (N-methyl/N-ethyl adjacent to an activating group) is 1. The number of rotatable bonds is 5. The lowest BCUT2D eigenvalue weighted by molar-refractivity contribution is -0.133. The van der Waals surface area contributed by atoms with Crippen LogP contribution in [0.2, 0.25) is 0 Å². The first-order chi connectivity index (χ1) is 7.06. The number of carbonyl (C=O) groups is 1. The maximum atomic E-state index is 11.9. The molecule has 0 aromatic rings. The summed E-state index contributed by atoms with van der Waals surface area (Å²) in [6.45, 7) is 5.01. The third-order valence-corrected chi connectivity index (χ3v) is 3.68. The van der Waals surface area contributed by atoms with E-state index >= 15 is 0 Å². The third-order valence-electron chi connectivity index (χ3n) is 3.68. The lowest BCUT2D eigenvalue weighted by Gasteiger charge is -2.32. The Hall–Kier alpha value is -0.570. The van der Waals surface area contributed by atoms with E-state index in [1.165, 1.54) is 19.3 Å². The van der Waals surface area contributed by atoms with E-state index in [2.05, 4.69) is 6.92 Å². The van der Waals surface area contributed by atoms with Gasteiger partial charge in [0.15, 0.2) is 0 Å². The standard InChI is InChI=1S/C12H24N2O/c1-4-9(2)11(13)12(15)14(3)8-10-6-5-7-10/h9-11H,4-8,13H2,1-3H3. The van der Waals surface area contributed by atoms with Crippen molar-refractivity contribution in [1.29, 1.82) is 0 Å².